The quantitative estimate of drug-likeness (QED) is 0.547. The van der Waals surface area contributed by atoms with Gasteiger partial charge in [-0.1, -0.05) is 12.1 Å². The van der Waals surface area contributed by atoms with Crippen LogP contribution < -0.4 is 11.5 Å². The minimum atomic E-state index is -0.308. The van der Waals surface area contributed by atoms with E-state index in [0.717, 1.165) is 4.90 Å². The zero-order valence-electron chi connectivity index (χ0n) is 14.7. The molecule has 4 rings (SSSR count). The predicted octanol–water partition coefficient (Wildman–Crippen LogP) is 0.406. The van der Waals surface area contributed by atoms with Crippen LogP contribution in [0.3, 0.4) is 0 Å². The van der Waals surface area contributed by atoms with Gasteiger partial charge in [0, 0.05) is 12.1 Å². The number of aliphatic hydroxyl groups excluding tert-OH is 1. The number of rotatable bonds is 3. The van der Waals surface area contributed by atoms with E-state index in [-0.39, 0.29) is 25.0 Å². The van der Waals surface area contributed by atoms with E-state index in [0.29, 0.717) is 34.2 Å². The van der Waals surface area contributed by atoms with Crippen LogP contribution in [0.4, 0.5) is 11.6 Å². The highest BCUT2D eigenvalue weighted by molar-refractivity contribution is 6.21. The first-order valence-corrected chi connectivity index (χ1v) is 8.18. The van der Waals surface area contributed by atoms with Crippen molar-refractivity contribution in [2.24, 2.45) is 0 Å². The maximum Gasteiger partial charge on any atom is 0.261 e. The van der Waals surface area contributed by atoms with Gasteiger partial charge in [0.25, 0.3) is 11.8 Å². The fraction of sp³-hybridized carbons (Fsp3) is 0.111. The molecule has 28 heavy (non-hydrogen) atoms. The van der Waals surface area contributed by atoms with Crippen LogP contribution in [0, 0.1) is 0 Å². The number of aromatic nitrogens is 4. The number of nitrogens with two attached hydrogens (primary N) is 2. The normalized spacial score (nSPS) is 12.4. The van der Waals surface area contributed by atoms with Crippen molar-refractivity contribution in [2.75, 3.05) is 11.5 Å². The van der Waals surface area contributed by atoms with Crippen molar-refractivity contribution in [3.05, 3.63) is 71.6 Å². The molecule has 2 aromatic heterocycles. The predicted molar refractivity (Wildman–Crippen MR) is 99.5 cm³/mol. The van der Waals surface area contributed by atoms with Crippen LogP contribution in [-0.4, -0.2) is 41.8 Å². The standard InChI is InChI=1S/C13H10N4O2.C5H7N3O/c14-11-5-8(15-7-16-11)6-17-12(18)9-3-1-2-4-10(9)13(17)19;6-5-1-4(2-9)7-3-8-5/h1-5,7H,6H2,(H2,14,15,16);1,3,9H,2H2,(H2,6,7,8). The first kappa shape index (κ1) is 18.9. The first-order chi connectivity index (χ1) is 13.5. The lowest BCUT2D eigenvalue weighted by molar-refractivity contribution is 0.0640. The van der Waals surface area contributed by atoms with E-state index in [1.807, 2.05) is 0 Å². The summed E-state index contributed by atoms with van der Waals surface area (Å²) in [5, 5.41) is 8.52. The van der Waals surface area contributed by atoms with Crippen molar-refractivity contribution in [2.45, 2.75) is 13.2 Å². The number of carbonyl (C=O) groups excluding carboxylic acids is 2. The number of anilines is 2. The van der Waals surface area contributed by atoms with Crippen LogP contribution in [0.25, 0.3) is 0 Å². The molecule has 10 nitrogen and oxygen atoms in total. The number of fused-ring (bicyclic) bond motifs is 1. The van der Waals surface area contributed by atoms with E-state index in [1.54, 1.807) is 30.3 Å². The van der Waals surface area contributed by atoms with Crippen LogP contribution in [0.2, 0.25) is 0 Å². The highest BCUT2D eigenvalue weighted by Gasteiger charge is 2.35. The first-order valence-electron chi connectivity index (χ1n) is 8.18. The van der Waals surface area contributed by atoms with Crippen LogP contribution in [-0.2, 0) is 13.2 Å². The molecular weight excluding hydrogens is 362 g/mol. The highest BCUT2D eigenvalue weighted by atomic mass is 16.3. The highest BCUT2D eigenvalue weighted by Crippen LogP contribution is 2.23. The Morgan fingerprint density at radius 3 is 1.79 bits per heavy atom. The van der Waals surface area contributed by atoms with Crippen LogP contribution in [0.15, 0.2) is 49.1 Å². The Morgan fingerprint density at radius 1 is 0.821 bits per heavy atom. The Kier molecular flexibility index (Phi) is 5.51. The molecule has 0 atom stereocenters. The van der Waals surface area contributed by atoms with Gasteiger partial charge in [0.2, 0.25) is 0 Å². The summed E-state index contributed by atoms with van der Waals surface area (Å²) < 4.78 is 0. The summed E-state index contributed by atoms with van der Waals surface area (Å²) in [6.07, 6.45) is 2.63. The number of aliphatic hydroxyl groups is 1. The Bertz CT molecular complexity index is 990. The molecule has 0 saturated carbocycles. The number of nitrogen functional groups attached to an aromatic ring is 2. The van der Waals surface area contributed by atoms with Crippen molar-refractivity contribution in [3.63, 3.8) is 0 Å². The molecule has 0 spiro atoms. The SMILES string of the molecule is Nc1cc(CN2C(=O)c3ccccc3C2=O)ncn1.Nc1cc(CO)ncn1. The Balaban J connectivity index is 0.000000211. The average Bonchev–Trinajstić information content (AvgIpc) is 2.94. The third-order valence-electron chi connectivity index (χ3n) is 3.85. The van der Waals surface area contributed by atoms with Crippen LogP contribution >= 0.6 is 0 Å². The van der Waals surface area contributed by atoms with Gasteiger partial charge < -0.3 is 16.6 Å². The number of benzene rings is 1. The summed E-state index contributed by atoms with van der Waals surface area (Å²) >= 11 is 0. The molecule has 1 aliphatic rings. The zero-order chi connectivity index (χ0) is 20.1. The largest absolute Gasteiger partial charge is 0.390 e. The lowest BCUT2D eigenvalue weighted by atomic mass is 10.1. The number of amides is 2. The molecule has 0 radical (unpaired) electrons. The molecule has 0 fully saturated rings. The molecule has 0 saturated heterocycles. The van der Waals surface area contributed by atoms with Crippen molar-refractivity contribution >= 4 is 23.5 Å². The van der Waals surface area contributed by atoms with Gasteiger partial charge >= 0.3 is 0 Å². The monoisotopic (exact) mass is 379 g/mol. The Hall–Kier alpha value is -3.92. The number of nitrogens with zero attached hydrogens (tertiary/aromatic N) is 5. The third-order valence-corrected chi connectivity index (χ3v) is 3.85. The topological polar surface area (TPSA) is 161 Å². The van der Waals surface area contributed by atoms with E-state index < -0.39 is 0 Å². The van der Waals surface area contributed by atoms with Crippen LogP contribution in [0.5, 0.6) is 0 Å². The van der Waals surface area contributed by atoms with Crippen molar-refractivity contribution in [1.82, 2.24) is 24.8 Å². The maximum atomic E-state index is 12.1. The summed E-state index contributed by atoms with van der Waals surface area (Å²) in [5.74, 6) is 0.0752. The van der Waals surface area contributed by atoms with Crippen molar-refractivity contribution in [3.8, 4) is 0 Å². The average molecular weight is 379 g/mol. The number of imide groups is 1. The molecule has 142 valence electrons. The van der Waals surface area contributed by atoms with E-state index in [4.69, 9.17) is 16.6 Å². The summed E-state index contributed by atoms with van der Waals surface area (Å²) in [6.45, 7) is 0.00574. The summed E-state index contributed by atoms with van der Waals surface area (Å²) in [5.41, 5.74) is 12.7. The van der Waals surface area contributed by atoms with Crippen molar-refractivity contribution < 1.29 is 14.7 Å². The van der Waals surface area contributed by atoms with Gasteiger partial charge in [-0.05, 0) is 12.1 Å². The fourth-order valence-corrected chi connectivity index (χ4v) is 2.55. The van der Waals surface area contributed by atoms with Gasteiger partial charge in [-0.25, -0.2) is 19.9 Å². The lowest BCUT2D eigenvalue weighted by Gasteiger charge is -2.12. The third kappa shape index (κ3) is 4.07. The molecular formula is C18H17N7O3. The van der Waals surface area contributed by atoms with E-state index in [9.17, 15) is 9.59 Å². The Morgan fingerprint density at radius 2 is 1.32 bits per heavy atom. The molecule has 0 aliphatic carbocycles. The van der Waals surface area contributed by atoms with E-state index in [2.05, 4.69) is 19.9 Å². The second-order valence-corrected chi connectivity index (χ2v) is 5.77. The summed E-state index contributed by atoms with van der Waals surface area (Å²) in [4.78, 5) is 40.5. The maximum absolute atomic E-state index is 12.1. The minimum Gasteiger partial charge on any atom is -0.390 e. The van der Waals surface area contributed by atoms with Gasteiger partial charge in [0.05, 0.1) is 35.7 Å². The summed E-state index contributed by atoms with van der Waals surface area (Å²) in [6, 6.07) is 9.82. The zero-order valence-corrected chi connectivity index (χ0v) is 14.7. The second-order valence-electron chi connectivity index (χ2n) is 5.77. The molecule has 0 bridgehead atoms. The lowest BCUT2D eigenvalue weighted by Crippen LogP contribution is -2.29. The molecule has 1 aromatic carbocycles. The van der Waals surface area contributed by atoms with Gasteiger partial charge in [0.15, 0.2) is 0 Å². The van der Waals surface area contributed by atoms with Gasteiger partial charge in [-0.15, -0.1) is 0 Å². The van der Waals surface area contributed by atoms with E-state index in [1.165, 1.54) is 18.7 Å². The second kappa shape index (κ2) is 8.18. The Labute approximate surface area is 159 Å². The van der Waals surface area contributed by atoms with Crippen molar-refractivity contribution in [1.29, 1.82) is 0 Å². The fourth-order valence-electron chi connectivity index (χ4n) is 2.55. The van der Waals surface area contributed by atoms with Gasteiger partial charge in [-0.3, -0.25) is 14.5 Å². The molecule has 1 aliphatic heterocycles. The minimum absolute atomic E-state index is 0.0906. The summed E-state index contributed by atoms with van der Waals surface area (Å²) in [7, 11) is 0. The number of hydrogen-bond acceptors (Lipinski definition) is 9. The molecule has 2 amide bonds. The van der Waals surface area contributed by atoms with Crippen LogP contribution in [0.1, 0.15) is 32.1 Å². The van der Waals surface area contributed by atoms with Gasteiger partial charge in [-0.2, -0.15) is 0 Å². The molecule has 0 unspecified atom stereocenters. The molecule has 3 aromatic rings. The number of hydrogen-bond donors (Lipinski definition) is 3. The van der Waals surface area contributed by atoms with E-state index >= 15 is 0 Å². The number of carbonyl (C=O) groups is 2. The molecule has 10 heteroatoms. The smallest absolute Gasteiger partial charge is 0.261 e. The molecule has 5 N–H and O–H groups in total. The van der Waals surface area contributed by atoms with Gasteiger partial charge in [0.1, 0.15) is 24.3 Å². The molecule has 3 heterocycles.